The van der Waals surface area contributed by atoms with Gasteiger partial charge < -0.3 is 15.0 Å². The van der Waals surface area contributed by atoms with E-state index < -0.39 is 5.97 Å². The van der Waals surface area contributed by atoms with E-state index >= 15 is 0 Å². The van der Waals surface area contributed by atoms with E-state index in [2.05, 4.69) is 5.32 Å². The number of nitrogens with one attached hydrogen (secondary N) is 1. The molecule has 0 atom stereocenters. The number of rotatable bonds is 5. The molecule has 0 heterocycles. The summed E-state index contributed by atoms with van der Waals surface area (Å²) in [6.07, 6.45) is 4.50. The number of carbonyl (C=O) groups excluding carboxylic acids is 2. The second-order valence-electron chi connectivity index (χ2n) is 5.41. The highest BCUT2D eigenvalue weighted by molar-refractivity contribution is 5.96. The summed E-state index contributed by atoms with van der Waals surface area (Å²) >= 11 is 0. The summed E-state index contributed by atoms with van der Waals surface area (Å²) in [5, 5.41) is 3.05. The predicted molar refractivity (Wildman–Crippen MR) is 81.5 cm³/mol. The second-order valence-corrected chi connectivity index (χ2v) is 5.41. The number of benzene rings is 1. The molecule has 21 heavy (non-hydrogen) atoms. The molecule has 0 aromatic heterocycles. The fraction of sp³-hybridized carbons (Fsp3) is 0.500. The van der Waals surface area contributed by atoms with Crippen molar-refractivity contribution in [3.8, 4) is 0 Å². The van der Waals surface area contributed by atoms with Gasteiger partial charge in [-0.2, -0.15) is 0 Å². The second kappa shape index (κ2) is 7.11. The summed E-state index contributed by atoms with van der Waals surface area (Å²) in [6.45, 7) is 0.227. The van der Waals surface area contributed by atoms with E-state index in [4.69, 9.17) is 4.74 Å². The maximum Gasteiger partial charge on any atom is 0.339 e. The van der Waals surface area contributed by atoms with Gasteiger partial charge in [-0.25, -0.2) is 4.79 Å². The first kappa shape index (κ1) is 15.4. The molecule has 0 radical (unpaired) electrons. The summed E-state index contributed by atoms with van der Waals surface area (Å²) in [6, 6.07) is 7.44. The highest BCUT2D eigenvalue weighted by atomic mass is 16.5. The minimum atomic E-state index is -0.395. The minimum absolute atomic E-state index is 0.0101. The first-order valence-corrected chi connectivity index (χ1v) is 7.29. The smallest absolute Gasteiger partial charge is 0.339 e. The maximum atomic E-state index is 12.1. The molecular weight excluding hydrogens is 268 g/mol. The number of hydrogen-bond acceptors (Lipinski definition) is 4. The third-order valence-corrected chi connectivity index (χ3v) is 3.82. The Morgan fingerprint density at radius 1 is 1.29 bits per heavy atom. The number of likely N-dealkylation sites (N-methyl/N-ethyl adjacent to an activating group) is 1. The highest BCUT2D eigenvalue weighted by Crippen LogP contribution is 2.20. The van der Waals surface area contributed by atoms with Crippen molar-refractivity contribution in [3.63, 3.8) is 0 Å². The predicted octanol–water partition coefficient (Wildman–Crippen LogP) is 1.97. The van der Waals surface area contributed by atoms with Crippen LogP contribution in [0.1, 0.15) is 36.0 Å². The Balaban J connectivity index is 2.00. The van der Waals surface area contributed by atoms with E-state index in [0.717, 1.165) is 12.8 Å². The van der Waals surface area contributed by atoms with Gasteiger partial charge in [-0.1, -0.05) is 25.0 Å². The number of methoxy groups -OCH3 is 1. The molecule has 1 saturated carbocycles. The topological polar surface area (TPSA) is 58.6 Å². The molecule has 0 bridgehead atoms. The molecule has 0 aliphatic heterocycles. The van der Waals surface area contributed by atoms with Crippen LogP contribution in [0.5, 0.6) is 0 Å². The van der Waals surface area contributed by atoms with E-state index in [1.54, 1.807) is 24.1 Å². The molecular formula is C16H22N2O3. The summed E-state index contributed by atoms with van der Waals surface area (Å²) in [7, 11) is 3.15. The SMILES string of the molecule is COC(=O)c1ccccc1N(C)CC(=O)NC1CCCC1. The third-order valence-electron chi connectivity index (χ3n) is 3.82. The van der Waals surface area contributed by atoms with Crippen molar-refractivity contribution in [2.24, 2.45) is 0 Å². The third kappa shape index (κ3) is 3.97. The summed E-state index contributed by atoms with van der Waals surface area (Å²) < 4.78 is 4.77. The number of para-hydroxylation sites is 1. The number of hydrogen-bond donors (Lipinski definition) is 1. The van der Waals surface area contributed by atoms with Crippen LogP contribution in [0.3, 0.4) is 0 Å². The zero-order valence-corrected chi connectivity index (χ0v) is 12.6. The Morgan fingerprint density at radius 2 is 1.95 bits per heavy atom. The van der Waals surface area contributed by atoms with Gasteiger partial charge in [0.15, 0.2) is 0 Å². The van der Waals surface area contributed by atoms with E-state index in [1.807, 2.05) is 12.1 Å². The number of carbonyl (C=O) groups is 2. The molecule has 1 aliphatic rings. The van der Waals surface area contributed by atoms with Gasteiger partial charge >= 0.3 is 5.97 Å². The van der Waals surface area contributed by atoms with Gasteiger partial charge in [0.05, 0.1) is 24.9 Å². The van der Waals surface area contributed by atoms with Crippen LogP contribution in [0, 0.1) is 0 Å². The summed E-state index contributed by atoms with van der Waals surface area (Å²) in [5.74, 6) is -0.405. The van der Waals surface area contributed by atoms with Gasteiger partial charge in [0.2, 0.25) is 5.91 Å². The normalized spacial score (nSPS) is 14.8. The van der Waals surface area contributed by atoms with Gasteiger partial charge in [0.25, 0.3) is 0 Å². The van der Waals surface area contributed by atoms with Gasteiger partial charge in [-0.05, 0) is 25.0 Å². The lowest BCUT2D eigenvalue weighted by Crippen LogP contribution is -2.40. The molecule has 0 unspecified atom stereocenters. The van der Waals surface area contributed by atoms with Crippen molar-refractivity contribution in [2.75, 3.05) is 25.6 Å². The lowest BCUT2D eigenvalue weighted by atomic mass is 10.1. The summed E-state index contributed by atoms with van der Waals surface area (Å²) in [4.78, 5) is 25.6. The maximum absolute atomic E-state index is 12.1. The van der Waals surface area contributed by atoms with Crippen LogP contribution in [0.25, 0.3) is 0 Å². The van der Waals surface area contributed by atoms with Crippen LogP contribution >= 0.6 is 0 Å². The molecule has 1 amide bonds. The Labute approximate surface area is 125 Å². The van der Waals surface area contributed by atoms with Gasteiger partial charge in [0.1, 0.15) is 0 Å². The van der Waals surface area contributed by atoms with Gasteiger partial charge in [-0.15, -0.1) is 0 Å². The van der Waals surface area contributed by atoms with E-state index in [9.17, 15) is 9.59 Å². The Bertz CT molecular complexity index is 510. The van der Waals surface area contributed by atoms with Crippen LogP contribution in [-0.2, 0) is 9.53 Å². The number of nitrogens with zero attached hydrogens (tertiary/aromatic N) is 1. The molecule has 1 fully saturated rings. The first-order valence-electron chi connectivity index (χ1n) is 7.29. The van der Waals surface area contributed by atoms with Crippen LogP contribution in [0.4, 0.5) is 5.69 Å². The monoisotopic (exact) mass is 290 g/mol. The van der Waals surface area contributed by atoms with Gasteiger partial charge in [-0.3, -0.25) is 4.79 Å². The number of anilines is 1. The van der Waals surface area contributed by atoms with Crippen LogP contribution in [-0.4, -0.2) is 38.6 Å². The van der Waals surface area contributed by atoms with Crippen LogP contribution < -0.4 is 10.2 Å². The number of amides is 1. The van der Waals surface area contributed by atoms with Gasteiger partial charge in [0, 0.05) is 13.1 Å². The fourth-order valence-corrected chi connectivity index (χ4v) is 2.73. The lowest BCUT2D eigenvalue weighted by Gasteiger charge is -2.22. The van der Waals surface area contributed by atoms with E-state index in [0.29, 0.717) is 17.3 Å². The zero-order chi connectivity index (χ0) is 15.2. The van der Waals surface area contributed by atoms with Crippen molar-refractivity contribution in [1.29, 1.82) is 0 Å². The zero-order valence-electron chi connectivity index (χ0n) is 12.6. The van der Waals surface area contributed by atoms with Crippen molar-refractivity contribution in [2.45, 2.75) is 31.7 Å². The molecule has 2 rings (SSSR count). The largest absolute Gasteiger partial charge is 0.465 e. The molecule has 0 saturated heterocycles. The molecule has 5 nitrogen and oxygen atoms in total. The number of esters is 1. The molecule has 0 spiro atoms. The average Bonchev–Trinajstić information content (AvgIpc) is 2.99. The van der Waals surface area contributed by atoms with E-state index in [1.165, 1.54) is 20.0 Å². The van der Waals surface area contributed by atoms with Crippen molar-refractivity contribution < 1.29 is 14.3 Å². The van der Waals surface area contributed by atoms with E-state index in [-0.39, 0.29) is 12.5 Å². The van der Waals surface area contributed by atoms with Crippen LogP contribution in [0.2, 0.25) is 0 Å². The average molecular weight is 290 g/mol. The lowest BCUT2D eigenvalue weighted by molar-refractivity contribution is -0.120. The molecule has 1 N–H and O–H groups in total. The first-order chi connectivity index (χ1) is 10.1. The standard InChI is InChI=1S/C16H22N2O3/c1-18(11-15(19)17-12-7-3-4-8-12)14-10-6-5-9-13(14)16(20)21-2/h5-6,9-10,12H,3-4,7-8,11H2,1-2H3,(H,17,19). The molecule has 1 aromatic carbocycles. The summed E-state index contributed by atoms with van der Waals surface area (Å²) in [5.41, 5.74) is 1.17. The molecule has 1 aromatic rings. The van der Waals surface area contributed by atoms with Crippen molar-refractivity contribution in [1.82, 2.24) is 5.32 Å². The Kier molecular flexibility index (Phi) is 5.20. The Morgan fingerprint density at radius 3 is 2.62 bits per heavy atom. The quantitative estimate of drug-likeness (QED) is 0.842. The Hall–Kier alpha value is -2.04. The van der Waals surface area contributed by atoms with Crippen molar-refractivity contribution >= 4 is 17.6 Å². The van der Waals surface area contributed by atoms with Crippen LogP contribution in [0.15, 0.2) is 24.3 Å². The molecule has 5 heteroatoms. The van der Waals surface area contributed by atoms with Crippen molar-refractivity contribution in [3.05, 3.63) is 29.8 Å². The molecule has 1 aliphatic carbocycles. The number of ether oxygens (including phenoxy) is 1. The minimum Gasteiger partial charge on any atom is -0.465 e. The molecule has 114 valence electrons. The fourth-order valence-electron chi connectivity index (χ4n) is 2.73. The highest BCUT2D eigenvalue weighted by Gasteiger charge is 2.19.